The van der Waals surface area contributed by atoms with Gasteiger partial charge in [-0.1, -0.05) is 32.9 Å². The second-order valence-corrected chi connectivity index (χ2v) is 14.5. The van der Waals surface area contributed by atoms with Gasteiger partial charge in [0.25, 0.3) is 0 Å². The molecule has 2 aromatic rings. The first-order valence-electron chi connectivity index (χ1n) is 10.7. The van der Waals surface area contributed by atoms with Gasteiger partial charge in [-0.3, -0.25) is 0 Å². The van der Waals surface area contributed by atoms with Gasteiger partial charge >= 0.3 is 6.36 Å². The number of aliphatic hydroxyl groups is 1. The van der Waals surface area contributed by atoms with E-state index in [0.717, 1.165) is 22.3 Å². The summed E-state index contributed by atoms with van der Waals surface area (Å²) in [6.45, 7) is 13.5. The molecule has 1 aliphatic heterocycles. The molecule has 0 fully saturated rings. The molecule has 0 bridgehead atoms. The van der Waals surface area contributed by atoms with E-state index in [4.69, 9.17) is 9.16 Å². The van der Waals surface area contributed by atoms with Gasteiger partial charge in [0.05, 0.1) is 19.3 Å². The van der Waals surface area contributed by atoms with E-state index in [-0.39, 0.29) is 10.8 Å². The highest BCUT2D eigenvalue weighted by atomic mass is 28.4. The number of ether oxygens (including phenoxy) is 2. The Morgan fingerprint density at radius 2 is 1.75 bits per heavy atom. The van der Waals surface area contributed by atoms with Crippen LogP contribution in [-0.2, 0) is 17.5 Å². The summed E-state index contributed by atoms with van der Waals surface area (Å²) in [6.07, 6.45) is -4.78. The van der Waals surface area contributed by atoms with Gasteiger partial charge in [-0.2, -0.15) is 0 Å². The summed E-state index contributed by atoms with van der Waals surface area (Å²) in [5.41, 5.74) is 4.11. The Labute approximate surface area is 188 Å². The average molecular weight is 469 g/mol. The maximum atomic E-state index is 12.5. The number of alkyl halides is 3. The molecule has 0 aliphatic carbocycles. The monoisotopic (exact) mass is 468 g/mol. The van der Waals surface area contributed by atoms with E-state index in [1.54, 1.807) is 19.1 Å². The first-order valence-corrected chi connectivity index (χ1v) is 13.6. The molecule has 0 saturated carbocycles. The fourth-order valence-electron chi connectivity index (χ4n) is 3.53. The minimum atomic E-state index is -4.74. The molecule has 0 amide bonds. The van der Waals surface area contributed by atoms with E-state index in [0.29, 0.717) is 30.9 Å². The van der Waals surface area contributed by atoms with Crippen molar-refractivity contribution in [2.75, 3.05) is 6.61 Å². The predicted molar refractivity (Wildman–Crippen MR) is 120 cm³/mol. The second kappa shape index (κ2) is 8.72. The topological polar surface area (TPSA) is 47.9 Å². The number of fused-ring (bicyclic) bond motifs is 1. The maximum absolute atomic E-state index is 12.5. The lowest BCUT2D eigenvalue weighted by molar-refractivity contribution is -0.274. The van der Waals surface area contributed by atoms with Gasteiger partial charge in [-0.05, 0) is 59.9 Å². The SMILES string of the molecule is CC(O)c1cc(-c2ccc(OC(F)(F)F)cc2)c2c(c1CO[Si](C)(C)C(C)(C)C)CCO2. The van der Waals surface area contributed by atoms with Gasteiger partial charge in [0.1, 0.15) is 11.5 Å². The quantitative estimate of drug-likeness (QED) is 0.476. The maximum Gasteiger partial charge on any atom is 0.573 e. The van der Waals surface area contributed by atoms with Gasteiger partial charge in [0.2, 0.25) is 0 Å². The molecule has 8 heteroatoms. The lowest BCUT2D eigenvalue weighted by Crippen LogP contribution is -2.40. The molecule has 0 radical (unpaired) electrons. The number of aliphatic hydroxyl groups excluding tert-OH is 1. The van der Waals surface area contributed by atoms with Crippen LogP contribution in [0.4, 0.5) is 13.2 Å². The third kappa shape index (κ3) is 5.30. The Morgan fingerprint density at radius 1 is 1.12 bits per heavy atom. The average Bonchev–Trinajstić information content (AvgIpc) is 3.14. The van der Waals surface area contributed by atoms with Crippen molar-refractivity contribution in [2.45, 2.75) is 71.3 Å². The second-order valence-electron chi connectivity index (χ2n) is 9.70. The van der Waals surface area contributed by atoms with Crippen LogP contribution in [0.25, 0.3) is 11.1 Å². The Balaban J connectivity index is 2.01. The molecule has 0 saturated heterocycles. The summed E-state index contributed by atoms with van der Waals surface area (Å²) >= 11 is 0. The van der Waals surface area contributed by atoms with Crippen molar-refractivity contribution in [2.24, 2.45) is 0 Å². The molecule has 0 spiro atoms. The van der Waals surface area contributed by atoms with Crippen molar-refractivity contribution in [3.05, 3.63) is 47.0 Å². The largest absolute Gasteiger partial charge is 0.573 e. The van der Waals surface area contributed by atoms with Crippen LogP contribution in [0.1, 0.15) is 50.5 Å². The van der Waals surface area contributed by atoms with Crippen LogP contribution in [0.15, 0.2) is 30.3 Å². The third-order valence-electron chi connectivity index (χ3n) is 6.36. The highest BCUT2D eigenvalue weighted by Crippen LogP contribution is 2.44. The van der Waals surface area contributed by atoms with Crippen LogP contribution < -0.4 is 9.47 Å². The summed E-state index contributed by atoms with van der Waals surface area (Å²) in [7, 11) is -2.01. The lowest BCUT2D eigenvalue weighted by atomic mass is 9.91. The van der Waals surface area contributed by atoms with Crippen molar-refractivity contribution >= 4 is 8.32 Å². The van der Waals surface area contributed by atoms with Gasteiger partial charge in [-0.15, -0.1) is 13.2 Å². The number of hydrogen-bond donors (Lipinski definition) is 1. The van der Waals surface area contributed by atoms with E-state index < -0.39 is 20.8 Å². The normalized spacial score (nSPS) is 15.3. The minimum Gasteiger partial charge on any atom is -0.492 e. The lowest BCUT2D eigenvalue weighted by Gasteiger charge is -2.36. The number of rotatable bonds is 6. The molecule has 2 aromatic carbocycles. The fraction of sp³-hybridized carbons (Fsp3) is 0.500. The van der Waals surface area contributed by atoms with Crippen LogP contribution in [0.5, 0.6) is 11.5 Å². The van der Waals surface area contributed by atoms with Crippen LogP contribution in [0.3, 0.4) is 0 Å². The predicted octanol–water partition coefficient (Wildman–Crippen LogP) is 6.76. The summed E-state index contributed by atoms with van der Waals surface area (Å²) in [6, 6.07) is 7.55. The smallest absolute Gasteiger partial charge is 0.492 e. The Bertz CT molecular complexity index is 961. The zero-order valence-electron chi connectivity index (χ0n) is 19.4. The van der Waals surface area contributed by atoms with E-state index >= 15 is 0 Å². The van der Waals surface area contributed by atoms with Crippen molar-refractivity contribution in [1.29, 1.82) is 0 Å². The van der Waals surface area contributed by atoms with E-state index in [1.165, 1.54) is 12.1 Å². The van der Waals surface area contributed by atoms with Crippen LogP contribution in [0.2, 0.25) is 18.1 Å². The highest BCUT2D eigenvalue weighted by molar-refractivity contribution is 6.74. The first-order chi connectivity index (χ1) is 14.7. The Morgan fingerprint density at radius 3 is 2.28 bits per heavy atom. The van der Waals surface area contributed by atoms with Crippen LogP contribution >= 0.6 is 0 Å². The van der Waals surface area contributed by atoms with Crippen molar-refractivity contribution in [3.8, 4) is 22.6 Å². The first kappa shape index (κ1) is 24.6. The van der Waals surface area contributed by atoms with Gasteiger partial charge in [-0.25, -0.2) is 0 Å². The molecule has 0 aromatic heterocycles. The number of benzene rings is 2. The standard InChI is InChI=1S/C24H31F3O4Si/c1-15(28)19-13-20(16-7-9-17(10-8-16)31-24(25,26)27)22-18(11-12-29-22)21(19)14-30-32(5,6)23(2,3)4/h7-10,13,15,28H,11-12,14H2,1-6H3. The van der Waals surface area contributed by atoms with E-state index in [1.807, 2.05) is 6.07 Å². The molecule has 1 unspecified atom stereocenters. The zero-order valence-corrected chi connectivity index (χ0v) is 20.4. The van der Waals surface area contributed by atoms with Crippen molar-refractivity contribution in [1.82, 2.24) is 0 Å². The van der Waals surface area contributed by atoms with Crippen molar-refractivity contribution in [3.63, 3.8) is 0 Å². The van der Waals surface area contributed by atoms with Gasteiger partial charge in [0.15, 0.2) is 8.32 Å². The summed E-state index contributed by atoms with van der Waals surface area (Å²) < 4.78 is 53.8. The summed E-state index contributed by atoms with van der Waals surface area (Å²) in [4.78, 5) is 0. The molecule has 1 heterocycles. The van der Waals surface area contributed by atoms with Crippen LogP contribution in [-0.4, -0.2) is 26.4 Å². The van der Waals surface area contributed by atoms with Gasteiger partial charge < -0.3 is 19.0 Å². The molecule has 4 nitrogen and oxygen atoms in total. The molecule has 32 heavy (non-hydrogen) atoms. The Kier molecular flexibility index (Phi) is 6.71. The van der Waals surface area contributed by atoms with Crippen LogP contribution in [0, 0.1) is 0 Å². The van der Waals surface area contributed by atoms with E-state index in [2.05, 4.69) is 38.6 Å². The summed E-state index contributed by atoms with van der Waals surface area (Å²) in [5, 5.41) is 10.6. The Hall–Kier alpha value is -2.03. The van der Waals surface area contributed by atoms with E-state index in [9.17, 15) is 18.3 Å². The summed E-state index contributed by atoms with van der Waals surface area (Å²) in [5.74, 6) is 0.418. The minimum absolute atomic E-state index is 0.0534. The molecular formula is C24H31F3O4Si. The molecular weight excluding hydrogens is 437 g/mol. The molecule has 1 aliphatic rings. The number of hydrogen-bond acceptors (Lipinski definition) is 4. The molecule has 3 rings (SSSR count). The van der Waals surface area contributed by atoms with Crippen molar-refractivity contribution < 1.29 is 32.2 Å². The molecule has 1 atom stereocenters. The molecule has 1 N–H and O–H groups in total. The number of halogens is 3. The van der Waals surface area contributed by atoms with Gasteiger partial charge in [0, 0.05) is 17.5 Å². The third-order valence-corrected chi connectivity index (χ3v) is 10.8. The highest BCUT2D eigenvalue weighted by Gasteiger charge is 2.38. The zero-order chi connectivity index (χ0) is 23.9. The fourth-order valence-corrected chi connectivity index (χ4v) is 4.47. The molecule has 176 valence electrons.